The van der Waals surface area contributed by atoms with Crippen LogP contribution in [0.5, 0.6) is 5.75 Å². The Kier molecular flexibility index (Phi) is 6.99. The molecule has 0 aliphatic rings. The van der Waals surface area contributed by atoms with Crippen molar-refractivity contribution in [3.63, 3.8) is 0 Å². The highest BCUT2D eigenvalue weighted by atomic mass is 35.5. The number of hydrogen-bond acceptors (Lipinski definition) is 5. The molecule has 0 aliphatic heterocycles. The van der Waals surface area contributed by atoms with E-state index in [9.17, 15) is 4.79 Å². The maximum atomic E-state index is 13.1. The second-order valence-electron chi connectivity index (χ2n) is 6.73. The van der Waals surface area contributed by atoms with Crippen molar-refractivity contribution in [1.82, 2.24) is 25.3 Å². The third-order valence-electron chi connectivity index (χ3n) is 4.87. The Labute approximate surface area is 186 Å². The topological polar surface area (TPSA) is 81.9 Å². The van der Waals surface area contributed by atoms with Crippen LogP contribution in [0, 0.1) is 6.92 Å². The minimum absolute atomic E-state index is 0. The van der Waals surface area contributed by atoms with Crippen LogP contribution in [0.25, 0.3) is 5.69 Å². The van der Waals surface area contributed by atoms with Gasteiger partial charge in [0.15, 0.2) is 5.69 Å². The van der Waals surface area contributed by atoms with E-state index in [1.165, 1.54) is 0 Å². The Morgan fingerprint density at radius 1 is 0.968 bits per heavy atom. The molecule has 0 spiro atoms. The number of ether oxygens (including phenoxy) is 1. The van der Waals surface area contributed by atoms with Crippen LogP contribution in [-0.2, 0) is 0 Å². The summed E-state index contributed by atoms with van der Waals surface area (Å²) >= 11 is 0. The minimum Gasteiger partial charge on any atom is -0.497 e. The van der Waals surface area contributed by atoms with Crippen LogP contribution in [0.15, 0.2) is 79.1 Å². The summed E-state index contributed by atoms with van der Waals surface area (Å²) < 4.78 is 6.90. The van der Waals surface area contributed by atoms with Crippen molar-refractivity contribution in [2.75, 3.05) is 7.11 Å². The molecule has 2 aromatic heterocycles. The molecule has 4 rings (SSSR count). The number of rotatable bonds is 6. The van der Waals surface area contributed by atoms with Crippen molar-refractivity contribution in [2.45, 2.75) is 13.0 Å². The number of aromatic nitrogens is 4. The number of carbonyl (C=O) groups is 1. The molecule has 2 aromatic carbocycles. The first-order valence-electron chi connectivity index (χ1n) is 9.50. The van der Waals surface area contributed by atoms with Gasteiger partial charge in [0, 0.05) is 12.4 Å². The van der Waals surface area contributed by atoms with E-state index in [0.29, 0.717) is 5.69 Å². The Hall–Kier alpha value is -3.71. The van der Waals surface area contributed by atoms with Crippen molar-refractivity contribution in [2.24, 2.45) is 0 Å². The maximum absolute atomic E-state index is 13.1. The van der Waals surface area contributed by atoms with Gasteiger partial charge in [-0.05, 0) is 54.4 Å². The third kappa shape index (κ3) is 4.73. The Bertz CT molecular complexity index is 1130. The molecule has 1 unspecified atom stereocenters. The summed E-state index contributed by atoms with van der Waals surface area (Å²) in [4.78, 5) is 17.2. The maximum Gasteiger partial charge on any atom is 0.274 e. The van der Waals surface area contributed by atoms with Crippen LogP contribution < -0.4 is 10.1 Å². The molecule has 1 amide bonds. The smallest absolute Gasteiger partial charge is 0.274 e. The summed E-state index contributed by atoms with van der Waals surface area (Å²) in [6, 6.07) is 20.6. The van der Waals surface area contributed by atoms with Crippen LogP contribution in [0.2, 0.25) is 0 Å². The monoisotopic (exact) mass is 435 g/mol. The van der Waals surface area contributed by atoms with Gasteiger partial charge in [0.05, 0.1) is 24.5 Å². The van der Waals surface area contributed by atoms with Gasteiger partial charge in [-0.3, -0.25) is 9.78 Å². The molecule has 0 saturated carbocycles. The molecule has 0 radical (unpaired) electrons. The van der Waals surface area contributed by atoms with Crippen LogP contribution in [-0.4, -0.2) is 33.0 Å². The van der Waals surface area contributed by atoms with Gasteiger partial charge >= 0.3 is 0 Å². The number of benzene rings is 2. The second-order valence-corrected chi connectivity index (χ2v) is 6.73. The summed E-state index contributed by atoms with van der Waals surface area (Å²) in [5, 5.41) is 11.4. The Morgan fingerprint density at radius 2 is 1.61 bits per heavy atom. The van der Waals surface area contributed by atoms with Gasteiger partial charge in [-0.1, -0.05) is 35.5 Å². The van der Waals surface area contributed by atoms with E-state index in [4.69, 9.17) is 4.74 Å². The molecule has 0 saturated heterocycles. The molecule has 2 heterocycles. The number of halogens is 1. The first kappa shape index (κ1) is 22.0. The second kappa shape index (κ2) is 9.86. The lowest BCUT2D eigenvalue weighted by Crippen LogP contribution is -2.30. The van der Waals surface area contributed by atoms with E-state index in [1.54, 1.807) is 24.2 Å². The highest BCUT2D eigenvalue weighted by Crippen LogP contribution is 2.24. The van der Waals surface area contributed by atoms with E-state index in [1.807, 2.05) is 73.7 Å². The number of para-hydroxylation sites is 1. The largest absolute Gasteiger partial charge is 0.497 e. The first-order chi connectivity index (χ1) is 14.7. The molecule has 4 aromatic rings. The van der Waals surface area contributed by atoms with Gasteiger partial charge in [-0.25, -0.2) is 4.68 Å². The number of amides is 1. The number of nitrogens with zero attached hydrogens (tertiary/aromatic N) is 4. The molecular weight excluding hydrogens is 414 g/mol. The highest BCUT2D eigenvalue weighted by molar-refractivity contribution is 5.93. The van der Waals surface area contributed by atoms with Crippen LogP contribution in [0.3, 0.4) is 0 Å². The molecule has 1 N–H and O–H groups in total. The molecule has 158 valence electrons. The highest BCUT2D eigenvalue weighted by Gasteiger charge is 2.22. The zero-order valence-corrected chi connectivity index (χ0v) is 17.9. The van der Waals surface area contributed by atoms with Crippen molar-refractivity contribution < 1.29 is 9.53 Å². The number of carbonyl (C=O) groups excluding carboxylic acids is 1. The van der Waals surface area contributed by atoms with E-state index in [2.05, 4.69) is 20.6 Å². The third-order valence-corrected chi connectivity index (χ3v) is 4.87. The molecule has 0 bridgehead atoms. The predicted octanol–water partition coefficient (Wildman–Crippen LogP) is 3.92. The van der Waals surface area contributed by atoms with Gasteiger partial charge in [-0.2, -0.15) is 0 Å². The van der Waals surface area contributed by atoms with Gasteiger partial charge in [0.1, 0.15) is 5.75 Å². The fourth-order valence-electron chi connectivity index (χ4n) is 3.26. The number of methoxy groups -OCH3 is 1. The van der Waals surface area contributed by atoms with Crippen LogP contribution >= 0.6 is 12.4 Å². The molecule has 0 fully saturated rings. The standard InChI is InChI=1S/C23H21N5O2.ClH/c1-16-21(26-27-28(16)19-6-4-3-5-7-19)23(29)25-22(18-12-14-24-15-13-18)17-8-10-20(30-2)11-9-17;/h3-15,22H,1-2H3,(H,25,29);1H. The zero-order chi connectivity index (χ0) is 20.9. The molecule has 7 nitrogen and oxygen atoms in total. The van der Waals surface area contributed by atoms with E-state index in [-0.39, 0.29) is 30.0 Å². The van der Waals surface area contributed by atoms with Gasteiger partial charge in [0.2, 0.25) is 0 Å². The van der Waals surface area contributed by atoms with Crippen molar-refractivity contribution in [1.29, 1.82) is 0 Å². The fraction of sp³-hybridized carbons (Fsp3) is 0.130. The molecule has 8 heteroatoms. The molecule has 0 aliphatic carbocycles. The average Bonchev–Trinajstić information content (AvgIpc) is 3.20. The Balaban J connectivity index is 0.00000272. The zero-order valence-electron chi connectivity index (χ0n) is 17.1. The van der Waals surface area contributed by atoms with Crippen LogP contribution in [0.4, 0.5) is 0 Å². The SMILES string of the molecule is COc1ccc(C(NC(=O)c2nnn(-c3ccccc3)c2C)c2ccncc2)cc1.Cl. The van der Waals surface area contributed by atoms with Crippen molar-refractivity contribution in [3.8, 4) is 11.4 Å². The van der Waals surface area contributed by atoms with Gasteiger partial charge in [-0.15, -0.1) is 17.5 Å². The normalized spacial score (nSPS) is 11.3. The van der Waals surface area contributed by atoms with Crippen molar-refractivity contribution in [3.05, 3.63) is 102 Å². The van der Waals surface area contributed by atoms with E-state index < -0.39 is 0 Å². The summed E-state index contributed by atoms with van der Waals surface area (Å²) in [6.45, 7) is 1.83. The van der Waals surface area contributed by atoms with E-state index >= 15 is 0 Å². The summed E-state index contributed by atoms with van der Waals surface area (Å²) in [7, 11) is 1.62. The predicted molar refractivity (Wildman–Crippen MR) is 120 cm³/mol. The molecule has 31 heavy (non-hydrogen) atoms. The minimum atomic E-state index is -0.368. The van der Waals surface area contributed by atoms with Gasteiger partial charge in [0.25, 0.3) is 5.91 Å². The van der Waals surface area contributed by atoms with E-state index in [0.717, 1.165) is 22.6 Å². The number of pyridine rings is 1. The number of hydrogen-bond donors (Lipinski definition) is 1. The lowest BCUT2D eigenvalue weighted by molar-refractivity contribution is 0.0937. The lowest BCUT2D eigenvalue weighted by Gasteiger charge is -2.19. The summed E-state index contributed by atoms with van der Waals surface area (Å²) in [5.74, 6) is 0.451. The quantitative estimate of drug-likeness (QED) is 0.496. The fourth-order valence-corrected chi connectivity index (χ4v) is 3.26. The molecule has 1 atom stereocenters. The lowest BCUT2D eigenvalue weighted by atomic mass is 9.99. The molecular formula is C23H22ClN5O2. The summed E-state index contributed by atoms with van der Waals surface area (Å²) in [5.41, 5.74) is 3.63. The van der Waals surface area contributed by atoms with Crippen LogP contribution in [0.1, 0.15) is 33.4 Å². The average molecular weight is 436 g/mol. The Morgan fingerprint density at radius 3 is 2.26 bits per heavy atom. The number of nitrogens with one attached hydrogen (secondary N) is 1. The van der Waals surface area contributed by atoms with Crippen molar-refractivity contribution >= 4 is 18.3 Å². The van der Waals surface area contributed by atoms with Gasteiger partial charge < -0.3 is 10.1 Å². The summed E-state index contributed by atoms with van der Waals surface area (Å²) in [6.07, 6.45) is 3.41. The first-order valence-corrected chi connectivity index (χ1v) is 9.50.